The number of halogens is 1. The smallest absolute Gasteiger partial charge is 0.255 e. The SMILES string of the molecule is COc1cc(OC)c(NC(=O)C(C)Sc2cccc(NC(=O)c3ccc(OC)c(OC)c3)c2)cc1Cl. The quantitative estimate of drug-likeness (QED) is 0.322. The monoisotopic (exact) mass is 530 g/mol. The molecule has 0 bridgehead atoms. The molecular weight excluding hydrogens is 504 g/mol. The molecule has 0 saturated carbocycles. The second kappa shape index (κ2) is 12.4. The molecule has 0 aliphatic carbocycles. The number of hydrogen-bond acceptors (Lipinski definition) is 7. The fourth-order valence-electron chi connectivity index (χ4n) is 3.28. The van der Waals surface area contributed by atoms with Gasteiger partial charge < -0.3 is 29.6 Å². The summed E-state index contributed by atoms with van der Waals surface area (Å²) in [4.78, 5) is 26.4. The van der Waals surface area contributed by atoms with E-state index in [1.807, 2.05) is 12.1 Å². The molecule has 3 rings (SSSR count). The number of hydrogen-bond donors (Lipinski definition) is 2. The number of methoxy groups -OCH3 is 4. The first-order valence-corrected chi connectivity index (χ1v) is 12.1. The van der Waals surface area contributed by atoms with Gasteiger partial charge in [0, 0.05) is 22.2 Å². The van der Waals surface area contributed by atoms with Crippen molar-refractivity contribution < 1.29 is 28.5 Å². The number of ether oxygens (including phenoxy) is 4. The van der Waals surface area contributed by atoms with E-state index in [9.17, 15) is 9.59 Å². The van der Waals surface area contributed by atoms with Crippen molar-refractivity contribution in [3.63, 3.8) is 0 Å². The molecule has 36 heavy (non-hydrogen) atoms. The van der Waals surface area contributed by atoms with Crippen LogP contribution in [0.5, 0.6) is 23.0 Å². The van der Waals surface area contributed by atoms with Gasteiger partial charge in [0.15, 0.2) is 11.5 Å². The van der Waals surface area contributed by atoms with Gasteiger partial charge in [0.25, 0.3) is 5.91 Å². The second-order valence-corrected chi connectivity index (χ2v) is 9.31. The second-order valence-electron chi connectivity index (χ2n) is 7.49. The van der Waals surface area contributed by atoms with E-state index >= 15 is 0 Å². The molecule has 0 fully saturated rings. The van der Waals surface area contributed by atoms with Crippen LogP contribution in [0, 0.1) is 0 Å². The van der Waals surface area contributed by atoms with Crippen molar-refractivity contribution in [1.82, 2.24) is 0 Å². The van der Waals surface area contributed by atoms with Gasteiger partial charge in [-0.3, -0.25) is 9.59 Å². The van der Waals surface area contributed by atoms with Crippen LogP contribution < -0.4 is 29.6 Å². The average molecular weight is 531 g/mol. The molecule has 0 spiro atoms. The van der Waals surface area contributed by atoms with E-state index in [4.69, 9.17) is 30.5 Å². The van der Waals surface area contributed by atoms with E-state index < -0.39 is 5.25 Å². The first-order chi connectivity index (χ1) is 17.3. The van der Waals surface area contributed by atoms with Crippen LogP contribution in [0.25, 0.3) is 0 Å². The van der Waals surface area contributed by atoms with E-state index in [2.05, 4.69) is 10.6 Å². The highest BCUT2D eigenvalue weighted by Crippen LogP contribution is 2.36. The van der Waals surface area contributed by atoms with Crippen molar-refractivity contribution >= 4 is 46.6 Å². The Morgan fingerprint density at radius 3 is 2.17 bits per heavy atom. The van der Waals surface area contributed by atoms with Crippen LogP contribution in [0.2, 0.25) is 5.02 Å². The summed E-state index contributed by atoms with van der Waals surface area (Å²) in [5, 5.41) is 5.62. The van der Waals surface area contributed by atoms with E-state index in [0.717, 1.165) is 4.90 Å². The fourth-order valence-corrected chi connectivity index (χ4v) is 4.44. The molecule has 2 N–H and O–H groups in total. The van der Waals surface area contributed by atoms with Crippen molar-refractivity contribution in [3.8, 4) is 23.0 Å². The highest BCUT2D eigenvalue weighted by atomic mass is 35.5. The van der Waals surface area contributed by atoms with E-state index in [-0.39, 0.29) is 11.8 Å². The summed E-state index contributed by atoms with van der Waals surface area (Å²) in [6.07, 6.45) is 0. The minimum Gasteiger partial charge on any atom is -0.495 e. The van der Waals surface area contributed by atoms with Crippen LogP contribution in [0.3, 0.4) is 0 Å². The van der Waals surface area contributed by atoms with Crippen LogP contribution >= 0.6 is 23.4 Å². The third-order valence-electron chi connectivity index (χ3n) is 5.15. The zero-order chi connectivity index (χ0) is 26.2. The molecule has 3 aromatic rings. The summed E-state index contributed by atoms with van der Waals surface area (Å²) in [6.45, 7) is 1.78. The molecule has 0 aliphatic rings. The molecule has 1 atom stereocenters. The van der Waals surface area contributed by atoms with Crippen molar-refractivity contribution in [2.45, 2.75) is 17.1 Å². The van der Waals surface area contributed by atoms with Crippen LogP contribution in [0.1, 0.15) is 17.3 Å². The van der Waals surface area contributed by atoms with E-state index in [1.165, 1.54) is 40.2 Å². The Kier molecular flexibility index (Phi) is 9.32. The predicted molar refractivity (Wildman–Crippen MR) is 142 cm³/mol. The number of amides is 2. The first-order valence-electron chi connectivity index (χ1n) is 10.8. The summed E-state index contributed by atoms with van der Waals surface area (Å²) in [7, 11) is 6.04. The molecule has 3 aromatic carbocycles. The van der Waals surface area contributed by atoms with Crippen LogP contribution in [0.4, 0.5) is 11.4 Å². The summed E-state index contributed by atoms with van der Waals surface area (Å²) in [5.74, 6) is 1.34. The molecule has 0 aromatic heterocycles. The lowest BCUT2D eigenvalue weighted by molar-refractivity contribution is -0.115. The lowest BCUT2D eigenvalue weighted by Crippen LogP contribution is -2.22. The molecule has 0 heterocycles. The van der Waals surface area contributed by atoms with Gasteiger partial charge in [0.2, 0.25) is 5.91 Å². The Morgan fingerprint density at radius 1 is 0.806 bits per heavy atom. The van der Waals surface area contributed by atoms with Crippen molar-refractivity contribution in [2.75, 3.05) is 39.1 Å². The maximum atomic E-state index is 12.9. The maximum Gasteiger partial charge on any atom is 0.255 e. The van der Waals surface area contributed by atoms with Gasteiger partial charge in [-0.2, -0.15) is 0 Å². The number of carbonyl (C=O) groups is 2. The molecule has 0 radical (unpaired) electrons. The normalized spacial score (nSPS) is 11.3. The Hall–Kier alpha value is -3.56. The number of nitrogens with one attached hydrogen (secondary N) is 2. The molecule has 8 nitrogen and oxygen atoms in total. The minimum atomic E-state index is -0.451. The molecule has 1 unspecified atom stereocenters. The Balaban J connectivity index is 1.68. The molecule has 0 aliphatic heterocycles. The standard InChI is InChI=1S/C26H27ClN2O6S/c1-15(25(30)29-20-13-19(27)22(33-3)14-23(20)34-4)36-18-8-6-7-17(12-18)28-26(31)16-9-10-21(32-2)24(11-16)35-5/h6-15H,1-5H3,(H,28,31)(H,29,30). The van der Waals surface area contributed by atoms with Crippen molar-refractivity contribution in [3.05, 3.63) is 65.2 Å². The molecule has 10 heteroatoms. The van der Waals surface area contributed by atoms with Crippen LogP contribution in [-0.2, 0) is 4.79 Å². The third-order valence-corrected chi connectivity index (χ3v) is 6.54. The van der Waals surface area contributed by atoms with Gasteiger partial charge in [-0.25, -0.2) is 0 Å². The summed E-state index contributed by atoms with van der Waals surface area (Å²) >= 11 is 7.55. The number of anilines is 2. The van der Waals surface area contributed by atoms with Gasteiger partial charge >= 0.3 is 0 Å². The van der Waals surface area contributed by atoms with Gasteiger partial charge in [-0.15, -0.1) is 11.8 Å². The maximum absolute atomic E-state index is 12.9. The zero-order valence-corrected chi connectivity index (χ0v) is 22.1. The predicted octanol–water partition coefficient (Wildman–Crippen LogP) is 5.75. The van der Waals surface area contributed by atoms with Crippen LogP contribution in [0.15, 0.2) is 59.5 Å². The van der Waals surface area contributed by atoms with Crippen LogP contribution in [-0.4, -0.2) is 45.5 Å². The lowest BCUT2D eigenvalue weighted by atomic mass is 10.2. The third kappa shape index (κ3) is 6.56. The highest BCUT2D eigenvalue weighted by Gasteiger charge is 2.19. The number of carbonyl (C=O) groups excluding carboxylic acids is 2. The molecule has 2 amide bonds. The average Bonchev–Trinajstić information content (AvgIpc) is 2.88. The topological polar surface area (TPSA) is 95.1 Å². The Bertz CT molecular complexity index is 1250. The zero-order valence-electron chi connectivity index (χ0n) is 20.5. The van der Waals surface area contributed by atoms with Crippen molar-refractivity contribution in [2.24, 2.45) is 0 Å². The molecule has 0 saturated heterocycles. The van der Waals surface area contributed by atoms with E-state index in [0.29, 0.717) is 45.0 Å². The number of rotatable bonds is 10. The van der Waals surface area contributed by atoms with Gasteiger partial charge in [0.1, 0.15) is 11.5 Å². The summed E-state index contributed by atoms with van der Waals surface area (Å²) < 4.78 is 21.0. The highest BCUT2D eigenvalue weighted by molar-refractivity contribution is 8.00. The molecule has 190 valence electrons. The number of benzene rings is 3. The largest absolute Gasteiger partial charge is 0.495 e. The minimum absolute atomic E-state index is 0.237. The van der Waals surface area contributed by atoms with Gasteiger partial charge in [-0.1, -0.05) is 17.7 Å². The number of thioether (sulfide) groups is 1. The summed E-state index contributed by atoms with van der Waals surface area (Å²) in [5.41, 5.74) is 1.46. The summed E-state index contributed by atoms with van der Waals surface area (Å²) in [6, 6.07) is 15.4. The molecular formula is C26H27ClN2O6S. The Labute approximate surface area is 219 Å². The van der Waals surface area contributed by atoms with Gasteiger partial charge in [0.05, 0.1) is 44.4 Å². The van der Waals surface area contributed by atoms with Crippen molar-refractivity contribution in [1.29, 1.82) is 0 Å². The Morgan fingerprint density at radius 2 is 1.50 bits per heavy atom. The fraction of sp³-hybridized carbons (Fsp3) is 0.231. The lowest BCUT2D eigenvalue weighted by Gasteiger charge is -2.16. The van der Waals surface area contributed by atoms with Gasteiger partial charge in [-0.05, 0) is 49.4 Å². The van der Waals surface area contributed by atoms with E-state index in [1.54, 1.807) is 49.4 Å². The first kappa shape index (κ1) is 27.0.